The van der Waals surface area contributed by atoms with Crippen LogP contribution in [0.5, 0.6) is 0 Å². The fourth-order valence-electron chi connectivity index (χ4n) is 8.71. The summed E-state index contributed by atoms with van der Waals surface area (Å²) in [6.45, 7) is 0. The highest BCUT2D eigenvalue weighted by Gasteiger charge is 2.45. The van der Waals surface area contributed by atoms with Crippen LogP contribution >= 0.6 is 7.92 Å². The highest BCUT2D eigenvalue weighted by atomic mass is 31.1. The van der Waals surface area contributed by atoms with Gasteiger partial charge in [-0.25, -0.2) is 0 Å². The number of carbonyl (C=O) groups is 1. The highest BCUT2D eigenvalue weighted by molar-refractivity contribution is 7.67. The van der Waals surface area contributed by atoms with E-state index in [0.717, 1.165) is 42.8 Å². The fourth-order valence-corrected chi connectivity index (χ4v) is 12.6. The van der Waals surface area contributed by atoms with Crippen molar-refractivity contribution in [2.45, 2.75) is 120 Å². The van der Waals surface area contributed by atoms with E-state index in [9.17, 15) is 4.79 Å². The normalized spacial score (nSPS) is 24.0. The van der Waals surface area contributed by atoms with Crippen LogP contribution in [0.2, 0.25) is 0 Å². The van der Waals surface area contributed by atoms with E-state index < -0.39 is 0 Å². The van der Waals surface area contributed by atoms with E-state index in [0.29, 0.717) is 5.91 Å². The monoisotopic (exact) mass is 604 g/mol. The summed E-state index contributed by atoms with van der Waals surface area (Å²) >= 11 is 0. The molecule has 0 aromatic heterocycles. The lowest BCUT2D eigenvalue weighted by atomic mass is 9.86. The molecule has 0 N–H and O–H groups in total. The van der Waals surface area contributed by atoms with E-state index >= 15 is 0 Å². The molecule has 0 bridgehead atoms. The lowest BCUT2D eigenvalue weighted by Crippen LogP contribution is -2.43. The number of amidine groups is 1. The maximum absolute atomic E-state index is 14.9. The summed E-state index contributed by atoms with van der Waals surface area (Å²) in [5.74, 6) is 1.32. The van der Waals surface area contributed by atoms with Gasteiger partial charge in [-0.1, -0.05) is 151 Å². The largest absolute Gasteiger partial charge is 0.286 e. The summed E-state index contributed by atoms with van der Waals surface area (Å²) in [6.07, 6.45) is 19.3. The second-order valence-corrected chi connectivity index (χ2v) is 16.5. The molecular formula is C40H49N2OP. The number of aliphatic imine (C=N–C) groups is 1. The number of amides is 1. The zero-order valence-electron chi connectivity index (χ0n) is 26.3. The average Bonchev–Trinajstić information content (AvgIpc) is 3.51. The van der Waals surface area contributed by atoms with Gasteiger partial charge in [0.15, 0.2) is 0 Å². The fraction of sp³-hybridized carbons (Fsp3) is 0.500. The first-order chi connectivity index (χ1) is 21.8. The van der Waals surface area contributed by atoms with Crippen molar-refractivity contribution in [1.29, 1.82) is 0 Å². The molecule has 3 nitrogen and oxygen atoms in total. The van der Waals surface area contributed by atoms with Gasteiger partial charge >= 0.3 is 0 Å². The molecule has 3 fully saturated rings. The third-order valence-corrected chi connectivity index (χ3v) is 14.5. The third kappa shape index (κ3) is 6.19. The molecule has 2 atom stereocenters. The molecule has 4 aliphatic rings. The molecule has 0 saturated heterocycles. The molecule has 3 aromatic rings. The number of rotatable bonds is 7. The topological polar surface area (TPSA) is 32.7 Å². The Bertz CT molecular complexity index is 1390. The number of hydrogen-bond donors (Lipinski definition) is 0. The molecule has 0 radical (unpaired) electrons. The van der Waals surface area contributed by atoms with Gasteiger partial charge in [-0.2, -0.15) is 0 Å². The molecule has 230 valence electrons. The summed E-state index contributed by atoms with van der Waals surface area (Å²) in [5.41, 5.74) is 5.21. The van der Waals surface area contributed by atoms with Crippen molar-refractivity contribution in [3.8, 4) is 0 Å². The van der Waals surface area contributed by atoms with E-state index in [1.165, 1.54) is 92.6 Å². The van der Waals surface area contributed by atoms with Crippen molar-refractivity contribution in [2.75, 3.05) is 0 Å². The molecule has 4 heteroatoms. The van der Waals surface area contributed by atoms with Gasteiger partial charge in [0.2, 0.25) is 5.91 Å². The lowest BCUT2D eigenvalue weighted by molar-refractivity contribution is -0.134. The van der Waals surface area contributed by atoms with E-state index in [1.807, 2.05) is 0 Å². The Kier molecular flexibility index (Phi) is 9.60. The minimum absolute atomic E-state index is 0.0834. The van der Waals surface area contributed by atoms with E-state index in [1.54, 1.807) is 0 Å². The van der Waals surface area contributed by atoms with E-state index in [-0.39, 0.29) is 25.9 Å². The summed E-state index contributed by atoms with van der Waals surface area (Å²) in [7, 11) is -0.338. The lowest BCUT2D eigenvalue weighted by Gasteiger charge is -2.40. The standard InChI is InChI=1S/C40H49N2OP/c43-40(32-22-10-3-11-23-32)42-38(31-20-8-2-9-21-31)37(30-18-6-1-7-19-30)41-39(42)35-28-16-17-29-36(35)44(33-24-12-4-13-25-33)34-26-14-5-15-27-34/h1-2,6-9,16-21,28-29,32-34,37-38H,3-5,10-15,22-27H2/t37-,38-/m0/s1. The zero-order valence-corrected chi connectivity index (χ0v) is 27.2. The van der Waals surface area contributed by atoms with Crippen molar-refractivity contribution < 1.29 is 4.79 Å². The molecule has 0 unspecified atom stereocenters. The first-order valence-electron chi connectivity index (χ1n) is 17.7. The zero-order chi connectivity index (χ0) is 29.7. The summed E-state index contributed by atoms with van der Waals surface area (Å²) in [4.78, 5) is 22.7. The Morgan fingerprint density at radius 3 is 1.68 bits per heavy atom. The molecule has 1 amide bonds. The molecule has 44 heavy (non-hydrogen) atoms. The van der Waals surface area contributed by atoms with Gasteiger partial charge in [0, 0.05) is 11.5 Å². The van der Waals surface area contributed by atoms with Gasteiger partial charge in [0.25, 0.3) is 0 Å². The number of hydrogen-bond acceptors (Lipinski definition) is 2. The van der Waals surface area contributed by atoms with Crippen molar-refractivity contribution in [2.24, 2.45) is 10.9 Å². The van der Waals surface area contributed by atoms with Crippen molar-refractivity contribution >= 4 is 25.0 Å². The molecule has 3 saturated carbocycles. The quantitative estimate of drug-likeness (QED) is 0.247. The van der Waals surface area contributed by atoms with Crippen LogP contribution in [-0.4, -0.2) is 28.0 Å². The maximum atomic E-state index is 14.9. The maximum Gasteiger partial charge on any atom is 0.231 e. The van der Waals surface area contributed by atoms with Gasteiger partial charge in [-0.15, -0.1) is 0 Å². The van der Waals surface area contributed by atoms with Gasteiger partial charge in [-0.05, 0) is 66.3 Å². The van der Waals surface area contributed by atoms with Crippen LogP contribution in [0.15, 0.2) is 89.9 Å². The first-order valence-corrected chi connectivity index (χ1v) is 19.2. The minimum Gasteiger partial charge on any atom is -0.286 e. The summed E-state index contributed by atoms with van der Waals surface area (Å²) in [6, 6.07) is 30.5. The summed E-state index contributed by atoms with van der Waals surface area (Å²) < 4.78 is 0. The molecule has 3 aliphatic carbocycles. The second kappa shape index (κ2) is 14.1. The van der Waals surface area contributed by atoms with E-state index in [2.05, 4.69) is 89.8 Å². The van der Waals surface area contributed by atoms with Gasteiger partial charge in [0.1, 0.15) is 11.9 Å². The Balaban J connectivity index is 1.38. The molecule has 1 aliphatic heterocycles. The Morgan fingerprint density at radius 1 is 0.591 bits per heavy atom. The minimum atomic E-state index is -0.338. The van der Waals surface area contributed by atoms with Crippen LogP contribution in [0.1, 0.15) is 125 Å². The van der Waals surface area contributed by atoms with E-state index in [4.69, 9.17) is 4.99 Å². The van der Waals surface area contributed by atoms with Crippen LogP contribution < -0.4 is 5.30 Å². The number of carbonyl (C=O) groups excluding carboxylic acids is 1. The van der Waals surface area contributed by atoms with Crippen LogP contribution in [-0.2, 0) is 4.79 Å². The third-order valence-electron chi connectivity index (χ3n) is 10.9. The predicted molar refractivity (Wildman–Crippen MR) is 185 cm³/mol. The Morgan fingerprint density at radius 2 is 1.09 bits per heavy atom. The average molecular weight is 605 g/mol. The van der Waals surface area contributed by atoms with Crippen molar-refractivity contribution in [3.05, 3.63) is 102 Å². The van der Waals surface area contributed by atoms with Gasteiger partial charge < -0.3 is 0 Å². The molecule has 7 rings (SSSR count). The van der Waals surface area contributed by atoms with Crippen molar-refractivity contribution in [3.63, 3.8) is 0 Å². The molecular weight excluding hydrogens is 555 g/mol. The van der Waals surface area contributed by atoms with Crippen molar-refractivity contribution in [1.82, 2.24) is 4.90 Å². The smallest absolute Gasteiger partial charge is 0.231 e. The summed E-state index contributed by atoms with van der Waals surface area (Å²) in [5, 5.41) is 1.53. The highest BCUT2D eigenvalue weighted by Crippen LogP contribution is 2.56. The van der Waals surface area contributed by atoms with Crippen LogP contribution in [0.4, 0.5) is 0 Å². The molecule has 1 heterocycles. The predicted octanol–water partition coefficient (Wildman–Crippen LogP) is 10.1. The number of benzene rings is 3. The number of nitrogens with zero attached hydrogens (tertiary/aromatic N) is 2. The van der Waals surface area contributed by atoms with Crippen LogP contribution in [0.25, 0.3) is 0 Å². The van der Waals surface area contributed by atoms with Crippen LogP contribution in [0, 0.1) is 5.92 Å². The van der Waals surface area contributed by atoms with Crippen LogP contribution in [0.3, 0.4) is 0 Å². The Hall–Kier alpha value is -2.77. The SMILES string of the molecule is O=C(C1CCCCC1)N1C(c2ccccc2P(C2CCCCC2)C2CCCCC2)=N[C@@H](c2ccccc2)[C@@H]1c1ccccc1. The Labute approximate surface area is 266 Å². The molecule has 0 spiro atoms. The van der Waals surface area contributed by atoms with Gasteiger partial charge in [0.05, 0.1) is 6.04 Å². The second-order valence-electron chi connectivity index (χ2n) is 13.7. The van der Waals surface area contributed by atoms with Gasteiger partial charge in [-0.3, -0.25) is 14.7 Å². The molecule has 3 aromatic carbocycles. The first kappa shape index (κ1) is 29.9.